The maximum absolute atomic E-state index is 12.3. The molecule has 0 bridgehead atoms. The Morgan fingerprint density at radius 2 is 1.79 bits per heavy atom. The molecular formula is C18H16F2N4OS3. The average Bonchev–Trinajstić information content (AvgIpc) is 3.11. The van der Waals surface area contributed by atoms with E-state index in [9.17, 15) is 13.6 Å². The first kappa shape index (κ1) is 20.6. The van der Waals surface area contributed by atoms with Gasteiger partial charge in [-0.3, -0.25) is 4.79 Å². The first-order valence-electron chi connectivity index (χ1n) is 8.21. The summed E-state index contributed by atoms with van der Waals surface area (Å²) in [6.07, 6.45) is 0.366. The van der Waals surface area contributed by atoms with E-state index in [0.717, 1.165) is 15.7 Å². The lowest BCUT2D eigenvalue weighted by atomic mass is 10.3. The van der Waals surface area contributed by atoms with Gasteiger partial charge in [0.15, 0.2) is 4.34 Å². The fraction of sp³-hybridized carbons (Fsp3) is 0.167. The van der Waals surface area contributed by atoms with E-state index in [0.29, 0.717) is 34.0 Å². The molecule has 0 saturated carbocycles. The van der Waals surface area contributed by atoms with E-state index in [4.69, 9.17) is 0 Å². The van der Waals surface area contributed by atoms with Crippen molar-refractivity contribution in [2.45, 2.75) is 21.4 Å². The molecule has 0 saturated heterocycles. The highest BCUT2D eigenvalue weighted by Crippen LogP contribution is 2.30. The van der Waals surface area contributed by atoms with Gasteiger partial charge in [0.1, 0.15) is 0 Å². The third-order valence-electron chi connectivity index (χ3n) is 3.35. The molecule has 146 valence electrons. The first-order chi connectivity index (χ1) is 13.6. The highest BCUT2D eigenvalue weighted by Gasteiger charge is 2.09. The quantitative estimate of drug-likeness (QED) is 0.417. The van der Waals surface area contributed by atoms with Gasteiger partial charge in [-0.15, -0.1) is 10.2 Å². The number of aromatic nitrogens is 2. The summed E-state index contributed by atoms with van der Waals surface area (Å²) < 4.78 is 25.4. The minimum absolute atomic E-state index is 0.0525. The number of hydrogen-bond acceptors (Lipinski definition) is 7. The molecule has 28 heavy (non-hydrogen) atoms. The van der Waals surface area contributed by atoms with Gasteiger partial charge in [0.05, 0.1) is 0 Å². The Balaban J connectivity index is 1.43. The maximum Gasteiger partial charge on any atom is 0.288 e. The summed E-state index contributed by atoms with van der Waals surface area (Å²) in [7, 11) is 0. The van der Waals surface area contributed by atoms with Crippen LogP contribution in [0.5, 0.6) is 0 Å². The molecule has 0 aliphatic heterocycles. The zero-order valence-electron chi connectivity index (χ0n) is 14.5. The molecule has 1 amide bonds. The minimum atomic E-state index is -2.43. The summed E-state index contributed by atoms with van der Waals surface area (Å²) in [5.74, 6) is -1.90. The Hall–Kier alpha value is -2.17. The van der Waals surface area contributed by atoms with Crippen molar-refractivity contribution >= 4 is 57.3 Å². The molecule has 2 aromatic carbocycles. The van der Waals surface area contributed by atoms with Crippen LogP contribution in [0.4, 0.5) is 25.3 Å². The fourth-order valence-corrected chi connectivity index (χ4v) is 4.42. The maximum atomic E-state index is 12.3. The summed E-state index contributed by atoms with van der Waals surface area (Å²) >= 11 is 3.34. The van der Waals surface area contributed by atoms with E-state index in [-0.39, 0.29) is 5.91 Å². The molecule has 1 heterocycles. The predicted molar refractivity (Wildman–Crippen MR) is 112 cm³/mol. The van der Waals surface area contributed by atoms with Gasteiger partial charge in [-0.05, 0) is 36.4 Å². The van der Waals surface area contributed by atoms with Gasteiger partial charge in [-0.25, -0.2) is 0 Å². The number of hydrogen-bond donors (Lipinski definition) is 2. The van der Waals surface area contributed by atoms with E-state index < -0.39 is 5.76 Å². The van der Waals surface area contributed by atoms with Crippen molar-refractivity contribution in [3.63, 3.8) is 0 Å². The molecule has 3 aromatic rings. The second kappa shape index (κ2) is 10.4. The van der Waals surface area contributed by atoms with Crippen LogP contribution < -0.4 is 10.6 Å². The zero-order chi connectivity index (χ0) is 19.8. The number of nitrogens with zero attached hydrogens (tertiary/aromatic N) is 2. The first-order valence-corrected chi connectivity index (χ1v) is 10.9. The molecule has 0 spiro atoms. The van der Waals surface area contributed by atoms with Crippen molar-refractivity contribution in [3.8, 4) is 0 Å². The average molecular weight is 439 g/mol. The standard InChI is InChI=1S/C18H16F2N4OS3/c19-16(20)27-14-8-6-13(7-9-14)22-17-23-24-18(28-17)26-11-10-15(25)21-12-4-2-1-3-5-12/h1-9,16H,10-11H2,(H,21,25)(H,22,23). The molecule has 0 atom stereocenters. The van der Waals surface area contributed by atoms with Gasteiger partial charge in [-0.1, -0.05) is 53.1 Å². The van der Waals surface area contributed by atoms with Crippen LogP contribution in [-0.4, -0.2) is 27.6 Å². The lowest BCUT2D eigenvalue weighted by Crippen LogP contribution is -2.11. The van der Waals surface area contributed by atoms with E-state index in [1.54, 1.807) is 24.3 Å². The van der Waals surface area contributed by atoms with Crippen molar-refractivity contribution < 1.29 is 13.6 Å². The largest absolute Gasteiger partial charge is 0.330 e. The molecular weight excluding hydrogens is 422 g/mol. The molecule has 0 fully saturated rings. The van der Waals surface area contributed by atoms with Crippen LogP contribution in [0.1, 0.15) is 6.42 Å². The summed E-state index contributed by atoms with van der Waals surface area (Å²) in [4.78, 5) is 12.4. The highest BCUT2D eigenvalue weighted by molar-refractivity contribution is 8.01. The molecule has 0 aliphatic rings. The van der Waals surface area contributed by atoms with E-state index in [2.05, 4.69) is 20.8 Å². The van der Waals surface area contributed by atoms with Gasteiger partial charge in [0, 0.05) is 28.4 Å². The van der Waals surface area contributed by atoms with Gasteiger partial charge >= 0.3 is 0 Å². The SMILES string of the molecule is O=C(CCSc1nnc(Nc2ccc(SC(F)F)cc2)s1)Nc1ccccc1. The smallest absolute Gasteiger partial charge is 0.288 e. The number of benzene rings is 2. The van der Waals surface area contributed by atoms with Crippen LogP contribution in [0, 0.1) is 0 Å². The van der Waals surface area contributed by atoms with Crippen molar-refractivity contribution in [2.24, 2.45) is 0 Å². The van der Waals surface area contributed by atoms with Crippen molar-refractivity contribution in [1.29, 1.82) is 0 Å². The Labute approximate surface area is 173 Å². The van der Waals surface area contributed by atoms with Crippen LogP contribution in [0.3, 0.4) is 0 Å². The monoisotopic (exact) mass is 438 g/mol. The third-order valence-corrected chi connectivity index (χ3v) is 6.05. The Kier molecular flexibility index (Phi) is 7.63. The number of carbonyl (C=O) groups excluding carboxylic acids is 1. The molecule has 0 aliphatic carbocycles. The van der Waals surface area contributed by atoms with Crippen molar-refractivity contribution in [1.82, 2.24) is 10.2 Å². The molecule has 5 nitrogen and oxygen atoms in total. The Morgan fingerprint density at radius 3 is 2.50 bits per heavy atom. The van der Waals surface area contributed by atoms with Gasteiger partial charge in [0.25, 0.3) is 5.76 Å². The summed E-state index contributed by atoms with van der Waals surface area (Å²) in [6.45, 7) is 0. The number of para-hydroxylation sites is 1. The number of nitrogens with one attached hydrogen (secondary N) is 2. The van der Waals surface area contributed by atoms with Crippen molar-refractivity contribution in [3.05, 3.63) is 54.6 Å². The number of alkyl halides is 2. The van der Waals surface area contributed by atoms with E-state index in [1.165, 1.54) is 23.1 Å². The second-order valence-electron chi connectivity index (χ2n) is 5.41. The van der Waals surface area contributed by atoms with Gasteiger partial charge in [-0.2, -0.15) is 8.78 Å². The molecule has 0 unspecified atom stereocenters. The molecule has 1 aromatic heterocycles. The number of thioether (sulfide) groups is 2. The molecule has 10 heteroatoms. The summed E-state index contributed by atoms with van der Waals surface area (Å²) in [6, 6.07) is 16.0. The summed E-state index contributed by atoms with van der Waals surface area (Å²) in [5.41, 5.74) is 1.52. The van der Waals surface area contributed by atoms with Crippen LogP contribution in [0.25, 0.3) is 0 Å². The van der Waals surface area contributed by atoms with Crippen LogP contribution in [0.15, 0.2) is 63.8 Å². The zero-order valence-corrected chi connectivity index (χ0v) is 16.9. The van der Waals surface area contributed by atoms with E-state index in [1.807, 2.05) is 30.3 Å². The predicted octanol–water partition coefficient (Wildman–Crippen LogP) is 5.72. The third kappa shape index (κ3) is 6.77. The number of rotatable bonds is 9. The minimum Gasteiger partial charge on any atom is -0.330 e. The van der Waals surface area contributed by atoms with Crippen LogP contribution in [-0.2, 0) is 4.79 Å². The molecule has 3 rings (SSSR count). The number of halogens is 2. The number of amides is 1. The molecule has 2 N–H and O–H groups in total. The number of carbonyl (C=O) groups is 1. The van der Waals surface area contributed by atoms with E-state index >= 15 is 0 Å². The lowest BCUT2D eigenvalue weighted by molar-refractivity contribution is -0.115. The fourth-order valence-electron chi connectivity index (χ4n) is 2.14. The van der Waals surface area contributed by atoms with Gasteiger partial charge in [0.2, 0.25) is 11.0 Å². The Bertz CT molecular complexity index is 891. The topological polar surface area (TPSA) is 66.9 Å². The molecule has 0 radical (unpaired) electrons. The highest BCUT2D eigenvalue weighted by atomic mass is 32.2. The lowest BCUT2D eigenvalue weighted by Gasteiger charge is -2.04. The summed E-state index contributed by atoms with van der Waals surface area (Å²) in [5, 5.41) is 14.7. The second-order valence-corrected chi connectivity index (χ2v) is 8.80. The normalized spacial score (nSPS) is 10.8. The van der Waals surface area contributed by atoms with Crippen LogP contribution >= 0.6 is 34.9 Å². The van der Waals surface area contributed by atoms with Gasteiger partial charge < -0.3 is 10.6 Å². The van der Waals surface area contributed by atoms with Crippen molar-refractivity contribution in [2.75, 3.05) is 16.4 Å². The van der Waals surface area contributed by atoms with Crippen LogP contribution in [0.2, 0.25) is 0 Å². The Morgan fingerprint density at radius 1 is 1.04 bits per heavy atom. The number of anilines is 3.